The molecule has 3 aromatic rings. The predicted octanol–water partition coefficient (Wildman–Crippen LogP) is 2.13. The molecule has 0 saturated carbocycles. The van der Waals surface area contributed by atoms with Crippen molar-refractivity contribution in [2.45, 2.75) is 18.4 Å². The second-order valence-corrected chi connectivity index (χ2v) is 9.71. The molecule has 0 fully saturated rings. The van der Waals surface area contributed by atoms with Gasteiger partial charge in [-0.05, 0) is 28.0 Å². The minimum absolute atomic E-state index is 0.0362. The van der Waals surface area contributed by atoms with E-state index in [4.69, 9.17) is 22.1 Å². The van der Waals surface area contributed by atoms with Crippen LogP contribution in [0.5, 0.6) is 0 Å². The first-order valence-electron chi connectivity index (χ1n) is 8.67. The molecule has 2 aromatic carbocycles. The molecule has 2 heterocycles. The average molecular weight is 466 g/mol. The van der Waals surface area contributed by atoms with Crippen molar-refractivity contribution >= 4 is 56.0 Å². The molecule has 9 nitrogen and oxygen atoms in total. The number of aromatic nitrogens is 3. The zero-order valence-electron chi connectivity index (χ0n) is 15.7. The smallest absolute Gasteiger partial charge is 0.243 e. The number of nitrogen functional groups attached to an aromatic ring is 1. The predicted molar refractivity (Wildman–Crippen MR) is 114 cm³/mol. The van der Waals surface area contributed by atoms with Crippen LogP contribution in [-0.4, -0.2) is 41.3 Å². The van der Waals surface area contributed by atoms with E-state index in [9.17, 15) is 13.2 Å². The van der Waals surface area contributed by atoms with E-state index in [2.05, 4.69) is 15.0 Å². The van der Waals surface area contributed by atoms with Crippen molar-refractivity contribution < 1.29 is 17.9 Å². The van der Waals surface area contributed by atoms with Crippen LogP contribution in [0.4, 0.5) is 5.95 Å². The number of rotatable bonds is 5. The molecule has 3 N–H and O–H groups in total. The van der Waals surface area contributed by atoms with Crippen molar-refractivity contribution in [1.29, 1.82) is 0 Å². The van der Waals surface area contributed by atoms with E-state index in [0.29, 0.717) is 23.8 Å². The van der Waals surface area contributed by atoms with Gasteiger partial charge >= 0.3 is 0 Å². The summed E-state index contributed by atoms with van der Waals surface area (Å²) in [5, 5.41) is 2.54. The van der Waals surface area contributed by atoms with Crippen molar-refractivity contribution in [1.82, 2.24) is 19.7 Å². The third-order valence-corrected chi connectivity index (χ3v) is 6.03. The monoisotopic (exact) mass is 465 g/mol. The number of nitrogens with zero attached hydrogens (tertiary/aromatic N) is 3. The van der Waals surface area contributed by atoms with Gasteiger partial charge in [-0.2, -0.15) is 9.97 Å². The van der Waals surface area contributed by atoms with Crippen LogP contribution < -0.4 is 10.5 Å². The Morgan fingerprint density at radius 2 is 2.03 bits per heavy atom. The number of hydrogen-bond donors (Lipinski definition) is 2. The quantitative estimate of drug-likeness (QED) is 0.542. The first-order valence-corrected chi connectivity index (χ1v) is 11.9. The number of thioether (sulfide) groups is 1. The number of carbonyl (C=O) groups is 1. The molecule has 0 unspecified atom stereocenters. The molecule has 1 aromatic heterocycles. The van der Waals surface area contributed by atoms with E-state index >= 15 is 0 Å². The number of anilines is 1. The Bertz CT molecular complexity index is 1280. The average Bonchev–Trinajstić information content (AvgIpc) is 2.65. The van der Waals surface area contributed by atoms with Gasteiger partial charge in [0, 0.05) is 5.56 Å². The van der Waals surface area contributed by atoms with Crippen molar-refractivity contribution in [3.8, 4) is 11.4 Å². The van der Waals surface area contributed by atoms with E-state index in [0.717, 1.165) is 39.9 Å². The lowest BCUT2D eigenvalue weighted by Crippen LogP contribution is -2.30. The summed E-state index contributed by atoms with van der Waals surface area (Å²) in [4.78, 5) is 24.4. The Morgan fingerprint density at radius 3 is 2.80 bits per heavy atom. The maximum Gasteiger partial charge on any atom is 0.243 e. The fourth-order valence-corrected chi connectivity index (χ4v) is 4.80. The van der Waals surface area contributed by atoms with Gasteiger partial charge in [0.2, 0.25) is 21.9 Å². The summed E-state index contributed by atoms with van der Waals surface area (Å²) in [5.41, 5.74) is 8.49. The van der Waals surface area contributed by atoms with E-state index in [1.54, 1.807) is 0 Å². The summed E-state index contributed by atoms with van der Waals surface area (Å²) < 4.78 is 29.8. The lowest BCUT2D eigenvalue weighted by Gasteiger charge is -2.20. The number of sulfonamides is 1. The van der Waals surface area contributed by atoms with Crippen LogP contribution in [0.2, 0.25) is 5.02 Å². The molecule has 30 heavy (non-hydrogen) atoms. The van der Waals surface area contributed by atoms with E-state index < -0.39 is 15.9 Å². The first kappa shape index (κ1) is 20.8. The molecule has 1 aliphatic heterocycles. The molecule has 1 aliphatic rings. The minimum Gasteiger partial charge on any atom is -0.372 e. The van der Waals surface area contributed by atoms with Crippen LogP contribution in [0.15, 0.2) is 29.4 Å². The molecule has 1 amide bonds. The first-order chi connectivity index (χ1) is 14.2. The number of carbonyl (C=O) groups excluding carboxylic acids is 1. The summed E-state index contributed by atoms with van der Waals surface area (Å²) in [7, 11) is -3.64. The van der Waals surface area contributed by atoms with Crippen LogP contribution in [0.25, 0.3) is 22.2 Å². The maximum atomic E-state index is 11.8. The number of hydrogen-bond acceptors (Lipinski definition) is 9. The number of halogens is 1. The van der Waals surface area contributed by atoms with Gasteiger partial charge in [-0.1, -0.05) is 41.6 Å². The van der Waals surface area contributed by atoms with Gasteiger partial charge in [-0.15, -0.1) is 0 Å². The largest absolute Gasteiger partial charge is 0.372 e. The summed E-state index contributed by atoms with van der Waals surface area (Å²) in [6, 6.07) is 7.66. The number of benzene rings is 2. The second kappa shape index (κ2) is 7.99. The number of ether oxygens (including phenoxy) is 1. The molecular weight excluding hydrogens is 450 g/mol. The molecule has 156 valence electrons. The second-order valence-electron chi connectivity index (χ2n) is 6.61. The van der Waals surface area contributed by atoms with Crippen LogP contribution >= 0.6 is 23.4 Å². The maximum absolute atomic E-state index is 11.8. The lowest BCUT2D eigenvalue weighted by atomic mass is 9.94. The van der Waals surface area contributed by atoms with E-state index in [1.165, 1.54) is 0 Å². The minimum atomic E-state index is -3.64. The highest BCUT2D eigenvalue weighted by Gasteiger charge is 2.21. The van der Waals surface area contributed by atoms with Gasteiger partial charge < -0.3 is 10.5 Å². The van der Waals surface area contributed by atoms with Crippen molar-refractivity contribution in [2.24, 2.45) is 0 Å². The van der Waals surface area contributed by atoms with Gasteiger partial charge in [-0.25, -0.2) is 13.4 Å². The highest BCUT2D eigenvalue weighted by atomic mass is 35.5. The summed E-state index contributed by atoms with van der Waals surface area (Å²) in [6.45, 7) is 0.963. The topological polar surface area (TPSA) is 137 Å². The van der Waals surface area contributed by atoms with Crippen LogP contribution in [0.3, 0.4) is 0 Å². The van der Waals surface area contributed by atoms with Crippen molar-refractivity contribution in [3.05, 3.63) is 40.4 Å². The van der Waals surface area contributed by atoms with E-state index in [-0.39, 0.29) is 22.7 Å². The van der Waals surface area contributed by atoms with Crippen LogP contribution in [-0.2, 0) is 32.8 Å². The van der Waals surface area contributed by atoms with Crippen LogP contribution in [0, 0.1) is 0 Å². The number of amides is 1. The van der Waals surface area contributed by atoms with Gasteiger partial charge in [0.05, 0.1) is 30.2 Å². The fourth-order valence-electron chi connectivity index (χ4n) is 3.26. The third-order valence-electron chi connectivity index (χ3n) is 4.28. The highest BCUT2D eigenvalue weighted by Crippen LogP contribution is 2.39. The fraction of sp³-hybridized carbons (Fsp3) is 0.222. The van der Waals surface area contributed by atoms with Gasteiger partial charge in [-0.3, -0.25) is 9.52 Å². The SMILES string of the molecule is CS(=O)(=O)NC(=O)CSc1nc(N)nc(-c2c(Cl)cc3c4c(cccc24)COC3)n1. The molecule has 12 heteroatoms. The molecule has 0 aliphatic carbocycles. The molecule has 0 atom stereocenters. The van der Waals surface area contributed by atoms with Gasteiger partial charge in [0.25, 0.3) is 0 Å². The molecule has 0 radical (unpaired) electrons. The van der Waals surface area contributed by atoms with E-state index in [1.807, 2.05) is 29.0 Å². The summed E-state index contributed by atoms with van der Waals surface area (Å²) in [5.74, 6) is -0.660. The standard InChI is InChI=1S/C18H16ClN5O4S2/c1-30(26,27)24-13(25)8-29-18-22-16(21-17(20)23-18)15-11-4-2-3-9-6-28-7-10(14(9)11)5-12(15)19/h2-5H,6-8H2,1H3,(H,24,25)(H2,20,21,22,23). The van der Waals surface area contributed by atoms with Gasteiger partial charge in [0.15, 0.2) is 11.0 Å². The van der Waals surface area contributed by atoms with Crippen molar-refractivity contribution in [2.75, 3.05) is 17.7 Å². The number of nitrogens with one attached hydrogen (secondary N) is 1. The Hall–Kier alpha value is -2.47. The zero-order valence-corrected chi connectivity index (χ0v) is 18.1. The normalized spacial score (nSPS) is 13.4. The van der Waals surface area contributed by atoms with Crippen molar-refractivity contribution in [3.63, 3.8) is 0 Å². The zero-order chi connectivity index (χ0) is 21.5. The third kappa shape index (κ3) is 4.33. The molecule has 0 saturated heterocycles. The van der Waals surface area contributed by atoms with Crippen LogP contribution in [0.1, 0.15) is 11.1 Å². The molecule has 4 rings (SSSR count). The Labute approximate surface area is 181 Å². The Balaban J connectivity index is 1.74. The Kier molecular flexibility index (Phi) is 5.53. The Morgan fingerprint density at radius 1 is 1.27 bits per heavy atom. The molecule has 0 bridgehead atoms. The highest BCUT2D eigenvalue weighted by molar-refractivity contribution is 8.00. The molecule has 0 spiro atoms. The number of nitrogens with two attached hydrogens (primary N) is 1. The summed E-state index contributed by atoms with van der Waals surface area (Å²) in [6.07, 6.45) is 0.902. The van der Waals surface area contributed by atoms with Gasteiger partial charge in [0.1, 0.15) is 0 Å². The summed E-state index contributed by atoms with van der Waals surface area (Å²) >= 11 is 7.51. The molecular formula is C18H16ClN5O4S2. The lowest BCUT2D eigenvalue weighted by molar-refractivity contribution is -0.116.